The number of aromatic nitrogens is 2. The Morgan fingerprint density at radius 3 is 2.40 bits per heavy atom. The summed E-state index contributed by atoms with van der Waals surface area (Å²) in [6.45, 7) is 5.39. The summed E-state index contributed by atoms with van der Waals surface area (Å²) in [4.78, 5) is 26.8. The summed E-state index contributed by atoms with van der Waals surface area (Å²) in [7, 11) is 0. The van der Waals surface area contributed by atoms with Crippen molar-refractivity contribution in [1.82, 2.24) is 20.2 Å². The Labute approximate surface area is 176 Å². The third-order valence-electron chi connectivity index (χ3n) is 6.08. The van der Waals surface area contributed by atoms with Crippen LogP contribution in [0.5, 0.6) is 0 Å². The maximum Gasteiger partial charge on any atom is 0.237 e. The van der Waals surface area contributed by atoms with Gasteiger partial charge >= 0.3 is 0 Å². The maximum atomic E-state index is 12.4. The molecular weight excluding hydrogens is 374 g/mol. The largest absolute Gasteiger partial charge is 0.353 e. The quantitative estimate of drug-likeness (QED) is 0.712. The molecule has 1 amide bonds. The van der Waals surface area contributed by atoms with Crippen LogP contribution in [0.2, 0.25) is 0 Å². The number of rotatable bonds is 5. The summed E-state index contributed by atoms with van der Waals surface area (Å²) >= 11 is 0. The molecule has 154 valence electrons. The number of carbonyl (C=O) groups is 1. The number of piperazine rings is 1. The van der Waals surface area contributed by atoms with Crippen LogP contribution < -0.4 is 10.2 Å². The monoisotopic (exact) mass is 401 g/mol. The molecule has 3 aromatic rings. The van der Waals surface area contributed by atoms with E-state index in [1.54, 1.807) is 0 Å². The number of anilines is 1. The molecule has 2 aromatic carbocycles. The molecule has 1 atom stereocenters. The third kappa shape index (κ3) is 3.87. The third-order valence-corrected chi connectivity index (χ3v) is 6.08. The van der Waals surface area contributed by atoms with Crippen molar-refractivity contribution in [3.63, 3.8) is 0 Å². The molecule has 1 unspecified atom stereocenters. The fourth-order valence-electron chi connectivity index (χ4n) is 4.05. The first-order valence-electron chi connectivity index (χ1n) is 10.8. The van der Waals surface area contributed by atoms with Gasteiger partial charge < -0.3 is 10.2 Å². The summed E-state index contributed by atoms with van der Waals surface area (Å²) < 4.78 is 0. The van der Waals surface area contributed by atoms with Crippen molar-refractivity contribution in [3.05, 3.63) is 54.6 Å². The molecule has 6 heteroatoms. The van der Waals surface area contributed by atoms with Crippen molar-refractivity contribution >= 4 is 22.6 Å². The van der Waals surface area contributed by atoms with Gasteiger partial charge in [0.15, 0.2) is 5.82 Å². The van der Waals surface area contributed by atoms with E-state index in [0.29, 0.717) is 6.04 Å². The van der Waals surface area contributed by atoms with E-state index in [4.69, 9.17) is 9.97 Å². The molecule has 1 aromatic heterocycles. The molecule has 2 aliphatic rings. The predicted octanol–water partition coefficient (Wildman–Crippen LogP) is 3.09. The van der Waals surface area contributed by atoms with Crippen molar-refractivity contribution in [2.24, 2.45) is 0 Å². The van der Waals surface area contributed by atoms with Gasteiger partial charge in [-0.1, -0.05) is 42.5 Å². The minimum absolute atomic E-state index is 0.0882. The van der Waals surface area contributed by atoms with Crippen molar-refractivity contribution in [1.29, 1.82) is 0 Å². The predicted molar refractivity (Wildman–Crippen MR) is 119 cm³/mol. The lowest BCUT2D eigenvalue weighted by Crippen LogP contribution is -2.54. The first-order valence-corrected chi connectivity index (χ1v) is 10.8. The van der Waals surface area contributed by atoms with E-state index < -0.39 is 0 Å². The second kappa shape index (κ2) is 8.03. The average Bonchev–Trinajstić information content (AvgIpc) is 3.62. The van der Waals surface area contributed by atoms with Crippen LogP contribution in [-0.2, 0) is 4.79 Å². The van der Waals surface area contributed by atoms with E-state index >= 15 is 0 Å². The number of carbonyl (C=O) groups excluding carboxylic acids is 1. The van der Waals surface area contributed by atoms with Crippen molar-refractivity contribution in [2.75, 3.05) is 31.1 Å². The number of amides is 1. The molecule has 2 fully saturated rings. The maximum absolute atomic E-state index is 12.4. The zero-order valence-electron chi connectivity index (χ0n) is 17.3. The number of nitrogens with one attached hydrogen (secondary N) is 1. The fraction of sp³-hybridized carbons (Fsp3) is 0.375. The summed E-state index contributed by atoms with van der Waals surface area (Å²) in [5.74, 6) is 1.89. The van der Waals surface area contributed by atoms with Crippen LogP contribution in [0.1, 0.15) is 19.8 Å². The second-order valence-electron chi connectivity index (χ2n) is 8.24. The molecular formula is C24H27N5O. The molecule has 0 radical (unpaired) electrons. The molecule has 0 bridgehead atoms. The molecule has 1 aliphatic carbocycles. The Bertz CT molecular complexity index is 1040. The van der Waals surface area contributed by atoms with Gasteiger partial charge in [0, 0.05) is 43.2 Å². The SMILES string of the molecule is CC(C(=O)NC1CC1)N1CCN(c2nc(-c3ccccc3)nc3ccccc23)CC1. The lowest BCUT2D eigenvalue weighted by atomic mass is 10.1. The smallest absolute Gasteiger partial charge is 0.237 e. The van der Waals surface area contributed by atoms with Gasteiger partial charge in [0.1, 0.15) is 5.82 Å². The van der Waals surface area contributed by atoms with Crippen LogP contribution in [0, 0.1) is 0 Å². The lowest BCUT2D eigenvalue weighted by Gasteiger charge is -2.38. The molecule has 0 spiro atoms. The molecule has 1 saturated carbocycles. The molecule has 1 N–H and O–H groups in total. The van der Waals surface area contributed by atoms with Gasteiger partial charge in [0.05, 0.1) is 11.6 Å². The Morgan fingerprint density at radius 2 is 1.67 bits per heavy atom. The first kappa shape index (κ1) is 19.0. The summed E-state index contributed by atoms with van der Waals surface area (Å²) in [5, 5.41) is 4.20. The van der Waals surface area contributed by atoms with E-state index in [1.807, 2.05) is 55.5 Å². The van der Waals surface area contributed by atoms with E-state index in [0.717, 1.165) is 67.1 Å². The van der Waals surface area contributed by atoms with Crippen LogP contribution in [0.3, 0.4) is 0 Å². The molecule has 1 aliphatic heterocycles. The number of hydrogen-bond donors (Lipinski definition) is 1. The average molecular weight is 402 g/mol. The Morgan fingerprint density at radius 1 is 0.967 bits per heavy atom. The lowest BCUT2D eigenvalue weighted by molar-refractivity contribution is -0.126. The van der Waals surface area contributed by atoms with Crippen molar-refractivity contribution < 1.29 is 4.79 Å². The van der Waals surface area contributed by atoms with Crippen LogP contribution in [0.15, 0.2) is 54.6 Å². The highest BCUT2D eigenvalue weighted by Gasteiger charge is 2.30. The van der Waals surface area contributed by atoms with Crippen LogP contribution in [-0.4, -0.2) is 59.0 Å². The Hall–Kier alpha value is -2.99. The number of fused-ring (bicyclic) bond motifs is 1. The van der Waals surface area contributed by atoms with E-state index in [9.17, 15) is 4.79 Å². The van der Waals surface area contributed by atoms with Gasteiger partial charge in [-0.25, -0.2) is 9.97 Å². The molecule has 30 heavy (non-hydrogen) atoms. The normalized spacial score (nSPS) is 18.4. The zero-order valence-corrected chi connectivity index (χ0v) is 17.3. The van der Waals surface area contributed by atoms with Crippen LogP contribution >= 0.6 is 0 Å². The fourth-order valence-corrected chi connectivity index (χ4v) is 4.05. The number of benzene rings is 2. The minimum Gasteiger partial charge on any atom is -0.353 e. The van der Waals surface area contributed by atoms with Crippen molar-refractivity contribution in [2.45, 2.75) is 31.8 Å². The topological polar surface area (TPSA) is 61.4 Å². The number of nitrogens with zero attached hydrogens (tertiary/aromatic N) is 4. The van der Waals surface area contributed by atoms with E-state index in [1.165, 1.54) is 0 Å². The van der Waals surface area contributed by atoms with Gasteiger partial charge in [-0.05, 0) is 31.9 Å². The molecule has 1 saturated heterocycles. The molecule has 6 nitrogen and oxygen atoms in total. The van der Waals surface area contributed by atoms with Gasteiger partial charge in [-0.15, -0.1) is 0 Å². The minimum atomic E-state index is -0.0882. The number of hydrogen-bond acceptors (Lipinski definition) is 5. The van der Waals surface area contributed by atoms with Crippen LogP contribution in [0.25, 0.3) is 22.3 Å². The van der Waals surface area contributed by atoms with Gasteiger partial charge in [-0.2, -0.15) is 0 Å². The highest BCUT2D eigenvalue weighted by atomic mass is 16.2. The van der Waals surface area contributed by atoms with Crippen molar-refractivity contribution in [3.8, 4) is 11.4 Å². The highest BCUT2D eigenvalue weighted by molar-refractivity contribution is 5.91. The summed E-state index contributed by atoms with van der Waals surface area (Å²) in [5.41, 5.74) is 1.98. The Balaban J connectivity index is 1.38. The zero-order chi connectivity index (χ0) is 20.5. The molecule has 2 heterocycles. The number of para-hydroxylation sites is 1. The second-order valence-corrected chi connectivity index (χ2v) is 8.24. The van der Waals surface area contributed by atoms with E-state index in [2.05, 4.69) is 21.2 Å². The van der Waals surface area contributed by atoms with Crippen LogP contribution in [0.4, 0.5) is 5.82 Å². The van der Waals surface area contributed by atoms with Gasteiger partial charge in [0.25, 0.3) is 0 Å². The summed E-state index contributed by atoms with van der Waals surface area (Å²) in [6.07, 6.45) is 2.24. The van der Waals surface area contributed by atoms with E-state index in [-0.39, 0.29) is 11.9 Å². The Kier molecular flexibility index (Phi) is 5.09. The summed E-state index contributed by atoms with van der Waals surface area (Å²) in [6, 6.07) is 18.7. The van der Waals surface area contributed by atoms with Gasteiger partial charge in [0.2, 0.25) is 5.91 Å². The highest BCUT2D eigenvalue weighted by Crippen LogP contribution is 2.28. The first-order chi connectivity index (χ1) is 14.7. The van der Waals surface area contributed by atoms with Gasteiger partial charge in [-0.3, -0.25) is 9.69 Å². The molecule has 5 rings (SSSR count). The standard InChI is InChI=1S/C24H27N5O/c1-17(24(30)25-19-11-12-19)28-13-15-29(16-14-28)23-20-9-5-6-10-21(20)26-22(27-23)18-7-3-2-4-8-18/h2-10,17,19H,11-16H2,1H3,(H,25,30).